The van der Waals surface area contributed by atoms with Crippen LogP contribution in [0.4, 0.5) is 5.69 Å². The van der Waals surface area contributed by atoms with E-state index in [4.69, 9.17) is 4.74 Å². The fourth-order valence-corrected chi connectivity index (χ4v) is 3.91. The van der Waals surface area contributed by atoms with Gasteiger partial charge in [-0.3, -0.25) is 9.71 Å². The molecule has 2 bridgehead atoms. The van der Waals surface area contributed by atoms with Gasteiger partial charge in [0.2, 0.25) is 10.0 Å². The van der Waals surface area contributed by atoms with Crippen LogP contribution < -0.4 is 15.4 Å². The maximum atomic E-state index is 11.5. The van der Waals surface area contributed by atoms with E-state index in [0.29, 0.717) is 30.3 Å². The largest absolute Gasteiger partial charge is 0.373 e. The molecule has 0 amide bonds. The molecule has 132 valence electrons. The Morgan fingerprint density at radius 3 is 2.75 bits per heavy atom. The number of guanidine groups is 1. The van der Waals surface area contributed by atoms with Crippen molar-refractivity contribution in [2.45, 2.75) is 44.1 Å². The lowest BCUT2D eigenvalue weighted by atomic mass is 9.96. The van der Waals surface area contributed by atoms with E-state index < -0.39 is 10.0 Å². The number of sulfonamides is 1. The number of fused-ring (bicyclic) bond motifs is 2. The number of para-hydroxylation sites is 1. The van der Waals surface area contributed by atoms with Crippen molar-refractivity contribution in [3.8, 4) is 0 Å². The Balaban J connectivity index is 1.60. The molecule has 2 aliphatic rings. The highest BCUT2D eigenvalue weighted by atomic mass is 32.2. The molecule has 0 spiro atoms. The first-order valence-electron chi connectivity index (χ1n) is 8.13. The lowest BCUT2D eigenvalue weighted by Gasteiger charge is -2.23. The topological polar surface area (TPSA) is 91.8 Å². The summed E-state index contributed by atoms with van der Waals surface area (Å²) in [5, 5.41) is 6.66. The summed E-state index contributed by atoms with van der Waals surface area (Å²) in [7, 11) is -1.58. The zero-order valence-corrected chi connectivity index (χ0v) is 14.8. The van der Waals surface area contributed by atoms with Gasteiger partial charge < -0.3 is 15.4 Å². The van der Waals surface area contributed by atoms with Crippen LogP contribution in [-0.4, -0.2) is 45.9 Å². The zero-order valence-electron chi connectivity index (χ0n) is 14.0. The predicted molar refractivity (Wildman–Crippen MR) is 94.5 cm³/mol. The average molecular weight is 352 g/mol. The van der Waals surface area contributed by atoms with Gasteiger partial charge in [0.05, 0.1) is 30.2 Å². The van der Waals surface area contributed by atoms with Crippen LogP contribution >= 0.6 is 0 Å². The van der Waals surface area contributed by atoms with Gasteiger partial charge in [-0.1, -0.05) is 18.2 Å². The van der Waals surface area contributed by atoms with Crippen molar-refractivity contribution in [3.05, 3.63) is 29.8 Å². The molecule has 7 nitrogen and oxygen atoms in total. The molecule has 3 atom stereocenters. The molecular weight excluding hydrogens is 328 g/mol. The summed E-state index contributed by atoms with van der Waals surface area (Å²) < 4.78 is 31.3. The van der Waals surface area contributed by atoms with E-state index in [-0.39, 0.29) is 6.10 Å². The number of anilines is 1. The standard InChI is InChI=1S/C16H24N4O3S/c1-17-16(19-14-9-12-7-8-15(14)23-12)18-10-11-5-3-4-6-13(11)20-24(2,21)22/h3-6,12,14-15,20H,7-10H2,1-2H3,(H2,17,18,19). The smallest absolute Gasteiger partial charge is 0.229 e. The summed E-state index contributed by atoms with van der Waals surface area (Å²) in [5.41, 5.74) is 1.43. The fourth-order valence-electron chi connectivity index (χ4n) is 3.31. The first kappa shape index (κ1) is 17.0. The van der Waals surface area contributed by atoms with Gasteiger partial charge in [0.1, 0.15) is 0 Å². The summed E-state index contributed by atoms with van der Waals surface area (Å²) >= 11 is 0. The average Bonchev–Trinajstić information content (AvgIpc) is 3.14. The zero-order chi connectivity index (χ0) is 17.2. The fraction of sp³-hybridized carbons (Fsp3) is 0.562. The van der Waals surface area contributed by atoms with Gasteiger partial charge in [-0.15, -0.1) is 0 Å². The molecule has 0 aromatic heterocycles. The van der Waals surface area contributed by atoms with Crippen molar-refractivity contribution in [2.24, 2.45) is 4.99 Å². The molecule has 2 fully saturated rings. The summed E-state index contributed by atoms with van der Waals surface area (Å²) in [6.45, 7) is 0.472. The van der Waals surface area contributed by atoms with Crippen LogP contribution in [-0.2, 0) is 21.3 Å². The summed E-state index contributed by atoms with van der Waals surface area (Å²) in [6, 6.07) is 7.60. The second kappa shape index (κ2) is 6.98. The SMILES string of the molecule is CN=C(NCc1ccccc1NS(C)(=O)=O)NC1CC2CCC1O2. The van der Waals surface area contributed by atoms with E-state index in [2.05, 4.69) is 20.3 Å². The van der Waals surface area contributed by atoms with Gasteiger partial charge >= 0.3 is 0 Å². The molecule has 0 saturated carbocycles. The Labute approximate surface area is 142 Å². The molecule has 1 aromatic rings. The summed E-state index contributed by atoms with van der Waals surface area (Å²) in [4.78, 5) is 4.25. The number of benzene rings is 1. The molecule has 3 N–H and O–H groups in total. The monoisotopic (exact) mass is 352 g/mol. The van der Waals surface area contributed by atoms with Crippen LogP contribution in [0.25, 0.3) is 0 Å². The molecule has 3 rings (SSSR count). The molecule has 0 radical (unpaired) electrons. The quantitative estimate of drug-likeness (QED) is 0.544. The van der Waals surface area contributed by atoms with Gasteiger partial charge in [0, 0.05) is 13.6 Å². The van der Waals surface area contributed by atoms with Crippen LogP contribution in [0.1, 0.15) is 24.8 Å². The van der Waals surface area contributed by atoms with Gasteiger partial charge in [-0.25, -0.2) is 8.42 Å². The molecule has 0 aliphatic carbocycles. The van der Waals surface area contributed by atoms with Gasteiger partial charge in [0.15, 0.2) is 5.96 Å². The molecular formula is C16H24N4O3S. The summed E-state index contributed by atoms with van der Waals surface area (Å²) in [6.07, 6.45) is 5.06. The Morgan fingerprint density at radius 2 is 2.12 bits per heavy atom. The molecule has 3 unspecified atom stereocenters. The second-order valence-corrected chi connectivity index (χ2v) is 8.07. The highest BCUT2D eigenvalue weighted by Crippen LogP contribution is 2.34. The Hall–Kier alpha value is -1.80. The maximum Gasteiger partial charge on any atom is 0.229 e. The minimum atomic E-state index is -3.31. The lowest BCUT2D eigenvalue weighted by Crippen LogP contribution is -2.47. The van der Waals surface area contributed by atoms with Gasteiger partial charge in [-0.05, 0) is 30.9 Å². The number of nitrogens with zero attached hydrogens (tertiary/aromatic N) is 1. The van der Waals surface area contributed by atoms with Crippen molar-refractivity contribution in [1.29, 1.82) is 0 Å². The van der Waals surface area contributed by atoms with E-state index in [1.165, 1.54) is 0 Å². The van der Waals surface area contributed by atoms with E-state index >= 15 is 0 Å². The number of nitrogens with one attached hydrogen (secondary N) is 3. The number of rotatable bonds is 5. The van der Waals surface area contributed by atoms with Crippen molar-refractivity contribution >= 4 is 21.7 Å². The highest BCUT2D eigenvalue weighted by Gasteiger charge is 2.41. The number of hydrogen-bond donors (Lipinski definition) is 3. The number of aliphatic imine (C=N–C) groups is 1. The van der Waals surface area contributed by atoms with Gasteiger partial charge in [0.25, 0.3) is 0 Å². The van der Waals surface area contributed by atoms with E-state index in [9.17, 15) is 8.42 Å². The molecule has 2 heterocycles. The molecule has 2 aliphatic heterocycles. The van der Waals surface area contributed by atoms with Crippen LogP contribution in [0.5, 0.6) is 0 Å². The Morgan fingerprint density at radius 1 is 1.33 bits per heavy atom. The highest BCUT2D eigenvalue weighted by molar-refractivity contribution is 7.92. The van der Waals surface area contributed by atoms with E-state index in [1.807, 2.05) is 12.1 Å². The van der Waals surface area contributed by atoms with Crippen molar-refractivity contribution < 1.29 is 13.2 Å². The van der Waals surface area contributed by atoms with Crippen molar-refractivity contribution in [1.82, 2.24) is 10.6 Å². The van der Waals surface area contributed by atoms with Crippen LogP contribution in [0.15, 0.2) is 29.3 Å². The van der Waals surface area contributed by atoms with Crippen LogP contribution in [0, 0.1) is 0 Å². The predicted octanol–water partition coefficient (Wildman–Crippen LogP) is 1.04. The lowest BCUT2D eigenvalue weighted by molar-refractivity contribution is 0.0992. The Bertz CT molecular complexity index is 720. The third kappa shape index (κ3) is 4.18. The van der Waals surface area contributed by atoms with Crippen molar-refractivity contribution in [2.75, 3.05) is 18.0 Å². The van der Waals surface area contributed by atoms with E-state index in [1.54, 1.807) is 19.2 Å². The third-order valence-corrected chi connectivity index (χ3v) is 5.00. The molecule has 1 aromatic carbocycles. The van der Waals surface area contributed by atoms with Crippen LogP contribution in [0.2, 0.25) is 0 Å². The molecule has 2 saturated heterocycles. The third-order valence-electron chi connectivity index (χ3n) is 4.41. The molecule has 24 heavy (non-hydrogen) atoms. The second-order valence-electron chi connectivity index (χ2n) is 6.32. The van der Waals surface area contributed by atoms with E-state index in [0.717, 1.165) is 31.1 Å². The summed E-state index contributed by atoms with van der Waals surface area (Å²) in [5.74, 6) is 0.699. The molecule has 8 heteroatoms. The van der Waals surface area contributed by atoms with Crippen LogP contribution in [0.3, 0.4) is 0 Å². The first-order valence-corrected chi connectivity index (χ1v) is 10.0. The minimum absolute atomic E-state index is 0.271. The van der Waals surface area contributed by atoms with Gasteiger partial charge in [-0.2, -0.15) is 0 Å². The number of hydrogen-bond acceptors (Lipinski definition) is 4. The van der Waals surface area contributed by atoms with Crippen molar-refractivity contribution in [3.63, 3.8) is 0 Å². The first-order chi connectivity index (χ1) is 11.4. The maximum absolute atomic E-state index is 11.5. The minimum Gasteiger partial charge on any atom is -0.373 e. The normalized spacial score (nSPS) is 26.4. The number of ether oxygens (including phenoxy) is 1. The Kier molecular flexibility index (Phi) is 4.96.